The van der Waals surface area contributed by atoms with Crippen molar-refractivity contribution in [2.75, 3.05) is 7.05 Å². The molecule has 2 saturated heterocycles. The molecule has 4 heterocycles. The van der Waals surface area contributed by atoms with Gasteiger partial charge in [-0.15, -0.1) is 11.3 Å². The molecule has 1 amide bonds. The van der Waals surface area contributed by atoms with Crippen molar-refractivity contribution in [2.24, 2.45) is 0 Å². The second-order valence-corrected chi connectivity index (χ2v) is 9.28. The zero-order valence-corrected chi connectivity index (χ0v) is 17.2. The summed E-state index contributed by atoms with van der Waals surface area (Å²) in [6, 6.07) is 9.83. The molecule has 146 valence electrons. The Hall–Kier alpha value is -2.18. The van der Waals surface area contributed by atoms with Crippen LogP contribution in [-0.2, 0) is 0 Å². The van der Waals surface area contributed by atoms with E-state index in [0.29, 0.717) is 17.8 Å². The number of aryl methyl sites for hydroxylation is 1. The molecule has 1 aromatic carbocycles. The van der Waals surface area contributed by atoms with Crippen molar-refractivity contribution in [2.45, 2.75) is 57.2 Å². The summed E-state index contributed by atoms with van der Waals surface area (Å²) in [5.41, 5.74) is 3.85. The number of amides is 1. The smallest absolute Gasteiger partial charge is 0.272 e. The van der Waals surface area contributed by atoms with Crippen LogP contribution in [0.15, 0.2) is 29.6 Å². The molecule has 2 bridgehead atoms. The predicted molar refractivity (Wildman–Crippen MR) is 114 cm³/mol. The molecule has 2 aliphatic rings. The Bertz CT molecular complexity index is 1010. The number of aromatic nitrogens is 2. The maximum Gasteiger partial charge on any atom is 0.272 e. The third-order valence-electron chi connectivity index (χ3n) is 6.47. The van der Waals surface area contributed by atoms with Crippen molar-refractivity contribution in [3.05, 3.63) is 40.9 Å². The van der Waals surface area contributed by atoms with E-state index in [4.69, 9.17) is 0 Å². The molecule has 0 spiro atoms. The van der Waals surface area contributed by atoms with Gasteiger partial charge < -0.3 is 10.2 Å². The SMILES string of the molecule is Cc1csc(-c2ccc3c(C(=O)N[C@H]4C[C@H]5CCC[C@@H](C4)N5C)n[nH]c3c2)c1. The van der Waals surface area contributed by atoms with E-state index in [9.17, 15) is 4.79 Å². The zero-order chi connectivity index (χ0) is 19.3. The van der Waals surface area contributed by atoms with Crippen LogP contribution in [0.5, 0.6) is 0 Å². The van der Waals surface area contributed by atoms with Gasteiger partial charge in [-0.2, -0.15) is 5.10 Å². The number of fused-ring (bicyclic) bond motifs is 3. The third kappa shape index (κ3) is 3.14. The van der Waals surface area contributed by atoms with Crippen LogP contribution in [0.2, 0.25) is 0 Å². The van der Waals surface area contributed by atoms with Gasteiger partial charge in [-0.1, -0.05) is 12.5 Å². The van der Waals surface area contributed by atoms with Gasteiger partial charge in [0.15, 0.2) is 5.69 Å². The molecule has 2 aromatic heterocycles. The van der Waals surface area contributed by atoms with E-state index in [1.807, 2.05) is 6.07 Å². The standard InChI is InChI=1S/C22H26N4OS/c1-13-8-20(28-12-13)14-6-7-18-19(9-14)24-25-21(18)22(27)23-15-10-16-4-3-5-17(11-15)26(16)2/h6-9,12,15-17H,3-5,10-11H2,1-2H3,(H,23,27)(H,24,25)/t15-,16+,17-. The van der Waals surface area contributed by atoms with E-state index in [2.05, 4.69) is 58.0 Å². The van der Waals surface area contributed by atoms with Crippen LogP contribution < -0.4 is 5.32 Å². The topological polar surface area (TPSA) is 61.0 Å². The van der Waals surface area contributed by atoms with Gasteiger partial charge in [0, 0.05) is 28.4 Å². The Morgan fingerprint density at radius 1 is 1.25 bits per heavy atom. The summed E-state index contributed by atoms with van der Waals surface area (Å²) in [5.74, 6) is -0.0569. The number of hydrogen-bond donors (Lipinski definition) is 2. The zero-order valence-electron chi connectivity index (χ0n) is 16.4. The number of nitrogens with one attached hydrogen (secondary N) is 2. The summed E-state index contributed by atoms with van der Waals surface area (Å²) in [4.78, 5) is 16.7. The minimum atomic E-state index is -0.0569. The highest BCUT2D eigenvalue weighted by atomic mass is 32.1. The van der Waals surface area contributed by atoms with Gasteiger partial charge in [-0.3, -0.25) is 9.89 Å². The van der Waals surface area contributed by atoms with Crippen molar-refractivity contribution in [1.82, 2.24) is 20.4 Å². The van der Waals surface area contributed by atoms with E-state index in [1.165, 1.54) is 29.7 Å². The van der Waals surface area contributed by atoms with E-state index in [0.717, 1.165) is 29.3 Å². The van der Waals surface area contributed by atoms with Crippen molar-refractivity contribution < 1.29 is 4.79 Å². The number of carbonyl (C=O) groups excluding carboxylic acids is 1. The Labute approximate surface area is 169 Å². The number of nitrogens with zero attached hydrogens (tertiary/aromatic N) is 2. The van der Waals surface area contributed by atoms with Gasteiger partial charge in [0.25, 0.3) is 5.91 Å². The summed E-state index contributed by atoms with van der Waals surface area (Å²) in [6.45, 7) is 2.11. The van der Waals surface area contributed by atoms with Crippen LogP contribution in [0.3, 0.4) is 0 Å². The maximum absolute atomic E-state index is 12.9. The molecule has 0 saturated carbocycles. The summed E-state index contributed by atoms with van der Waals surface area (Å²) < 4.78 is 0. The van der Waals surface area contributed by atoms with Gasteiger partial charge >= 0.3 is 0 Å². The van der Waals surface area contributed by atoms with Crippen LogP contribution in [0.25, 0.3) is 21.3 Å². The fraction of sp³-hybridized carbons (Fsp3) is 0.455. The first-order chi connectivity index (χ1) is 13.6. The molecule has 2 aliphatic heterocycles. The van der Waals surface area contributed by atoms with Crippen LogP contribution in [0.1, 0.15) is 48.2 Å². The Morgan fingerprint density at radius 2 is 2.04 bits per heavy atom. The van der Waals surface area contributed by atoms with Crippen molar-refractivity contribution in [1.29, 1.82) is 0 Å². The second-order valence-electron chi connectivity index (χ2n) is 8.37. The summed E-state index contributed by atoms with van der Waals surface area (Å²) in [6.07, 6.45) is 5.90. The van der Waals surface area contributed by atoms with E-state index >= 15 is 0 Å². The van der Waals surface area contributed by atoms with Crippen LogP contribution in [0.4, 0.5) is 0 Å². The number of H-pyrrole nitrogens is 1. The molecule has 3 atom stereocenters. The Balaban J connectivity index is 1.35. The molecule has 5 nitrogen and oxygen atoms in total. The summed E-state index contributed by atoms with van der Waals surface area (Å²) in [7, 11) is 2.24. The molecule has 0 radical (unpaired) electrons. The molecular formula is C22H26N4OS. The average Bonchev–Trinajstić information content (AvgIpc) is 3.28. The van der Waals surface area contributed by atoms with Gasteiger partial charge in [0.1, 0.15) is 0 Å². The number of piperidine rings is 2. The molecule has 2 N–H and O–H groups in total. The third-order valence-corrected chi connectivity index (χ3v) is 7.57. The highest BCUT2D eigenvalue weighted by Crippen LogP contribution is 2.33. The lowest BCUT2D eigenvalue weighted by molar-refractivity contribution is 0.0462. The maximum atomic E-state index is 12.9. The second kappa shape index (κ2) is 7.01. The largest absolute Gasteiger partial charge is 0.348 e. The lowest BCUT2D eigenvalue weighted by Crippen LogP contribution is -2.55. The highest BCUT2D eigenvalue weighted by molar-refractivity contribution is 7.13. The van der Waals surface area contributed by atoms with Crippen LogP contribution in [-0.4, -0.2) is 46.2 Å². The highest BCUT2D eigenvalue weighted by Gasteiger charge is 2.36. The van der Waals surface area contributed by atoms with Gasteiger partial charge in [-0.05, 0) is 74.4 Å². The molecule has 0 unspecified atom stereocenters. The van der Waals surface area contributed by atoms with Crippen LogP contribution >= 0.6 is 11.3 Å². The summed E-state index contributed by atoms with van der Waals surface area (Å²) >= 11 is 1.74. The summed E-state index contributed by atoms with van der Waals surface area (Å²) in [5, 5.41) is 13.7. The first-order valence-electron chi connectivity index (χ1n) is 10.1. The number of hydrogen-bond acceptors (Lipinski definition) is 4. The minimum absolute atomic E-state index is 0.0569. The fourth-order valence-electron chi connectivity index (χ4n) is 4.92. The quantitative estimate of drug-likeness (QED) is 0.694. The normalized spacial score (nSPS) is 25.1. The lowest BCUT2D eigenvalue weighted by Gasteiger charge is -2.47. The van der Waals surface area contributed by atoms with E-state index in [-0.39, 0.29) is 11.9 Å². The van der Waals surface area contributed by atoms with Gasteiger partial charge in [0.2, 0.25) is 0 Å². The van der Waals surface area contributed by atoms with Crippen molar-refractivity contribution in [3.63, 3.8) is 0 Å². The Kier molecular flexibility index (Phi) is 4.48. The van der Waals surface area contributed by atoms with Crippen molar-refractivity contribution >= 4 is 28.1 Å². The number of rotatable bonds is 3. The average molecular weight is 395 g/mol. The monoisotopic (exact) mass is 394 g/mol. The van der Waals surface area contributed by atoms with Gasteiger partial charge in [0.05, 0.1) is 5.52 Å². The fourth-order valence-corrected chi connectivity index (χ4v) is 5.81. The first kappa shape index (κ1) is 17.9. The molecule has 28 heavy (non-hydrogen) atoms. The van der Waals surface area contributed by atoms with E-state index < -0.39 is 0 Å². The molecule has 0 aliphatic carbocycles. The molecule has 2 fully saturated rings. The number of thiophene rings is 1. The molecular weight excluding hydrogens is 368 g/mol. The van der Waals surface area contributed by atoms with E-state index in [1.54, 1.807) is 11.3 Å². The van der Waals surface area contributed by atoms with Crippen molar-refractivity contribution in [3.8, 4) is 10.4 Å². The lowest BCUT2D eigenvalue weighted by atomic mass is 9.82. The Morgan fingerprint density at radius 3 is 2.75 bits per heavy atom. The molecule has 6 heteroatoms. The molecule has 3 aromatic rings. The van der Waals surface area contributed by atoms with Crippen LogP contribution in [0, 0.1) is 6.92 Å². The number of aromatic amines is 1. The number of benzene rings is 1. The number of carbonyl (C=O) groups is 1. The molecule has 5 rings (SSSR count). The van der Waals surface area contributed by atoms with Gasteiger partial charge in [-0.25, -0.2) is 0 Å². The predicted octanol–water partition coefficient (Wildman–Crippen LogP) is 4.34. The first-order valence-corrected chi connectivity index (χ1v) is 11.0. The minimum Gasteiger partial charge on any atom is -0.348 e.